The molecule has 30 heavy (non-hydrogen) atoms. The lowest BCUT2D eigenvalue weighted by molar-refractivity contribution is -0.140. The number of rotatable bonds is 8. The Morgan fingerprint density at radius 1 is 1.10 bits per heavy atom. The molecule has 1 aliphatic rings. The Hall–Kier alpha value is -2.73. The Balaban J connectivity index is 1.71. The average Bonchev–Trinajstić information content (AvgIpc) is 2.75. The largest absolute Gasteiger partial charge is 0.486 e. The number of aryl methyl sites for hydroxylation is 1. The maximum absolute atomic E-state index is 13.1. The minimum Gasteiger partial charge on any atom is -0.486 e. The lowest BCUT2D eigenvalue weighted by Crippen LogP contribution is -2.47. The second kappa shape index (κ2) is 10.3. The van der Waals surface area contributed by atoms with Crippen LogP contribution in [-0.4, -0.2) is 42.5 Å². The molecule has 0 saturated carbocycles. The summed E-state index contributed by atoms with van der Waals surface area (Å²) in [6.07, 6.45) is 0.827. The van der Waals surface area contributed by atoms with Gasteiger partial charge in [0.05, 0.1) is 0 Å². The number of halogens is 1. The standard InChI is InChI=1S/C23H27ClN2O4/c1-3-25-23(28)16(2)26(15-18-5-4-6-19(24)13-18)22(27)10-8-17-7-9-20-21(14-17)30-12-11-29-20/h4-7,9,13-14,16H,3,8,10-12,15H2,1-2H3,(H,25,28)/t16-/m1/s1. The molecule has 0 unspecified atom stereocenters. The zero-order valence-electron chi connectivity index (χ0n) is 17.3. The zero-order chi connectivity index (χ0) is 21.5. The molecular formula is C23H27ClN2O4. The molecule has 6 nitrogen and oxygen atoms in total. The van der Waals surface area contributed by atoms with E-state index in [0.29, 0.717) is 43.5 Å². The average molecular weight is 431 g/mol. The first-order chi connectivity index (χ1) is 14.5. The lowest BCUT2D eigenvalue weighted by atomic mass is 10.1. The van der Waals surface area contributed by atoms with Gasteiger partial charge in [0.1, 0.15) is 19.3 Å². The molecular weight excluding hydrogens is 404 g/mol. The van der Waals surface area contributed by atoms with Gasteiger partial charge in [-0.15, -0.1) is 0 Å². The fourth-order valence-electron chi connectivity index (χ4n) is 3.37. The van der Waals surface area contributed by atoms with Crippen LogP contribution >= 0.6 is 11.6 Å². The van der Waals surface area contributed by atoms with Gasteiger partial charge in [-0.25, -0.2) is 0 Å². The number of nitrogens with one attached hydrogen (secondary N) is 1. The summed E-state index contributed by atoms with van der Waals surface area (Å²) < 4.78 is 11.2. The molecule has 1 aliphatic heterocycles. The van der Waals surface area contributed by atoms with E-state index in [1.807, 2.05) is 43.3 Å². The quantitative estimate of drug-likeness (QED) is 0.694. The predicted octanol–water partition coefficient (Wildman–Crippen LogP) is 3.60. The van der Waals surface area contributed by atoms with Crippen molar-refractivity contribution in [2.24, 2.45) is 0 Å². The Morgan fingerprint density at radius 3 is 2.60 bits per heavy atom. The minimum absolute atomic E-state index is 0.0939. The number of carbonyl (C=O) groups is 2. The number of nitrogens with zero attached hydrogens (tertiary/aromatic N) is 1. The van der Waals surface area contributed by atoms with E-state index in [1.54, 1.807) is 17.9 Å². The van der Waals surface area contributed by atoms with E-state index >= 15 is 0 Å². The summed E-state index contributed by atoms with van der Waals surface area (Å²) in [6, 6.07) is 12.5. The van der Waals surface area contributed by atoms with E-state index in [9.17, 15) is 9.59 Å². The fourth-order valence-corrected chi connectivity index (χ4v) is 3.59. The molecule has 0 aromatic heterocycles. The van der Waals surface area contributed by atoms with E-state index in [-0.39, 0.29) is 18.2 Å². The fraction of sp³-hybridized carbons (Fsp3) is 0.391. The third-order valence-corrected chi connectivity index (χ3v) is 5.23. The molecule has 7 heteroatoms. The van der Waals surface area contributed by atoms with Crippen LogP contribution in [0.25, 0.3) is 0 Å². The molecule has 0 saturated heterocycles. The van der Waals surface area contributed by atoms with Gasteiger partial charge in [-0.05, 0) is 55.7 Å². The van der Waals surface area contributed by atoms with Gasteiger partial charge in [-0.1, -0.05) is 29.8 Å². The van der Waals surface area contributed by atoms with Crippen LogP contribution in [0.2, 0.25) is 5.02 Å². The summed E-state index contributed by atoms with van der Waals surface area (Å²) in [6.45, 7) is 5.50. The molecule has 2 amide bonds. The van der Waals surface area contributed by atoms with Gasteiger partial charge in [0.25, 0.3) is 0 Å². The summed E-state index contributed by atoms with van der Waals surface area (Å²) in [7, 11) is 0. The Bertz CT molecular complexity index is 903. The molecule has 0 spiro atoms. The van der Waals surface area contributed by atoms with Crippen LogP contribution in [-0.2, 0) is 22.6 Å². The molecule has 1 heterocycles. The van der Waals surface area contributed by atoms with Crippen LogP contribution in [0.4, 0.5) is 0 Å². The molecule has 0 bridgehead atoms. The van der Waals surface area contributed by atoms with E-state index in [4.69, 9.17) is 21.1 Å². The second-order valence-electron chi connectivity index (χ2n) is 7.20. The second-order valence-corrected chi connectivity index (χ2v) is 7.64. The summed E-state index contributed by atoms with van der Waals surface area (Å²) in [5.41, 5.74) is 1.87. The highest BCUT2D eigenvalue weighted by atomic mass is 35.5. The third kappa shape index (κ3) is 5.66. The van der Waals surface area contributed by atoms with Gasteiger partial charge in [0, 0.05) is 24.5 Å². The van der Waals surface area contributed by atoms with Crippen molar-refractivity contribution in [3.8, 4) is 11.5 Å². The Labute approximate surface area is 182 Å². The topological polar surface area (TPSA) is 67.9 Å². The summed E-state index contributed by atoms with van der Waals surface area (Å²) >= 11 is 6.09. The zero-order valence-corrected chi connectivity index (χ0v) is 18.1. The van der Waals surface area contributed by atoms with E-state index in [1.165, 1.54) is 0 Å². The van der Waals surface area contributed by atoms with E-state index in [0.717, 1.165) is 16.9 Å². The number of hydrogen-bond acceptors (Lipinski definition) is 4. The normalized spacial score (nSPS) is 13.4. The molecule has 3 rings (SSSR count). The van der Waals surface area contributed by atoms with Crippen molar-refractivity contribution in [3.05, 3.63) is 58.6 Å². The van der Waals surface area contributed by atoms with Gasteiger partial charge in [-0.2, -0.15) is 0 Å². The maximum Gasteiger partial charge on any atom is 0.242 e. The smallest absolute Gasteiger partial charge is 0.242 e. The van der Waals surface area contributed by atoms with Crippen LogP contribution in [0.5, 0.6) is 11.5 Å². The molecule has 0 radical (unpaired) electrons. The van der Waals surface area contributed by atoms with Gasteiger partial charge in [-0.3, -0.25) is 9.59 Å². The summed E-state index contributed by atoms with van der Waals surface area (Å²) in [5.74, 6) is 1.16. The highest BCUT2D eigenvalue weighted by Gasteiger charge is 2.25. The SMILES string of the molecule is CCNC(=O)[C@@H](C)N(Cc1cccc(Cl)c1)C(=O)CCc1ccc2c(c1)OCCO2. The Kier molecular flexibility index (Phi) is 7.57. The van der Waals surface area contributed by atoms with E-state index < -0.39 is 6.04 Å². The number of hydrogen-bond donors (Lipinski definition) is 1. The van der Waals surface area contributed by atoms with Crippen molar-refractivity contribution < 1.29 is 19.1 Å². The number of ether oxygens (including phenoxy) is 2. The van der Waals surface area contributed by atoms with E-state index in [2.05, 4.69) is 5.32 Å². The van der Waals surface area contributed by atoms with Gasteiger partial charge < -0.3 is 19.7 Å². The number of benzene rings is 2. The van der Waals surface area contributed by atoms with Crippen LogP contribution in [0, 0.1) is 0 Å². The predicted molar refractivity (Wildman–Crippen MR) is 116 cm³/mol. The van der Waals surface area contributed by atoms with Crippen molar-refractivity contribution in [2.75, 3.05) is 19.8 Å². The number of amides is 2. The monoisotopic (exact) mass is 430 g/mol. The summed E-state index contributed by atoms with van der Waals surface area (Å²) in [5, 5.41) is 3.40. The summed E-state index contributed by atoms with van der Waals surface area (Å²) in [4.78, 5) is 27.1. The van der Waals surface area contributed by atoms with Crippen molar-refractivity contribution in [2.45, 2.75) is 39.3 Å². The van der Waals surface area contributed by atoms with Crippen molar-refractivity contribution >= 4 is 23.4 Å². The first kappa shape index (κ1) is 22.0. The lowest BCUT2D eigenvalue weighted by Gasteiger charge is -2.29. The van der Waals surface area contributed by atoms with Gasteiger partial charge in [0.15, 0.2) is 11.5 Å². The van der Waals surface area contributed by atoms with Crippen LogP contribution < -0.4 is 14.8 Å². The number of likely N-dealkylation sites (N-methyl/N-ethyl adjacent to an activating group) is 1. The number of fused-ring (bicyclic) bond motifs is 1. The number of carbonyl (C=O) groups excluding carboxylic acids is 2. The van der Waals surface area contributed by atoms with Crippen LogP contribution in [0.1, 0.15) is 31.4 Å². The molecule has 2 aromatic carbocycles. The van der Waals surface area contributed by atoms with Crippen LogP contribution in [0.3, 0.4) is 0 Å². The van der Waals surface area contributed by atoms with Gasteiger partial charge >= 0.3 is 0 Å². The van der Waals surface area contributed by atoms with Crippen LogP contribution in [0.15, 0.2) is 42.5 Å². The van der Waals surface area contributed by atoms with Gasteiger partial charge in [0.2, 0.25) is 11.8 Å². The first-order valence-corrected chi connectivity index (χ1v) is 10.6. The third-order valence-electron chi connectivity index (χ3n) is 4.99. The minimum atomic E-state index is -0.586. The molecule has 160 valence electrons. The Morgan fingerprint density at radius 2 is 1.87 bits per heavy atom. The molecule has 0 aliphatic carbocycles. The van der Waals surface area contributed by atoms with Crippen molar-refractivity contribution in [1.29, 1.82) is 0 Å². The highest BCUT2D eigenvalue weighted by Crippen LogP contribution is 2.31. The first-order valence-electron chi connectivity index (χ1n) is 10.2. The van der Waals surface area contributed by atoms with Crippen molar-refractivity contribution in [1.82, 2.24) is 10.2 Å². The maximum atomic E-state index is 13.1. The molecule has 1 atom stereocenters. The molecule has 2 aromatic rings. The highest BCUT2D eigenvalue weighted by molar-refractivity contribution is 6.30. The molecule has 1 N–H and O–H groups in total. The molecule has 0 fully saturated rings. The van der Waals surface area contributed by atoms with Crippen molar-refractivity contribution in [3.63, 3.8) is 0 Å².